The summed E-state index contributed by atoms with van der Waals surface area (Å²) in [4.78, 5) is 0. The molecule has 96 valence electrons. The van der Waals surface area contributed by atoms with E-state index in [1.807, 2.05) is 24.3 Å². The van der Waals surface area contributed by atoms with E-state index in [9.17, 15) is 0 Å². The number of hydrogen-bond donors (Lipinski definition) is 0. The second-order valence-electron chi connectivity index (χ2n) is 3.89. The van der Waals surface area contributed by atoms with Gasteiger partial charge in [-0.3, -0.25) is 0 Å². The molecular weight excluding hydrogens is 306 g/mol. The molecule has 0 atom stereocenters. The van der Waals surface area contributed by atoms with Gasteiger partial charge in [0.2, 0.25) is 0 Å². The maximum absolute atomic E-state index is 8.95. The zero-order chi connectivity index (χ0) is 13.7. The molecule has 0 fully saturated rings. The van der Waals surface area contributed by atoms with Gasteiger partial charge in [0, 0.05) is 11.4 Å². The maximum atomic E-state index is 8.95. The zero-order valence-electron chi connectivity index (χ0n) is 10.4. The molecule has 2 aromatic carbocycles. The van der Waals surface area contributed by atoms with Crippen molar-refractivity contribution in [3.63, 3.8) is 0 Å². The van der Waals surface area contributed by atoms with Crippen molar-refractivity contribution in [3.05, 3.63) is 53.6 Å². The summed E-state index contributed by atoms with van der Waals surface area (Å²) in [6, 6.07) is 14.9. The van der Waals surface area contributed by atoms with E-state index in [1.54, 1.807) is 25.3 Å². The number of nitriles is 1. The molecule has 0 unspecified atom stereocenters. The van der Waals surface area contributed by atoms with E-state index in [1.165, 1.54) is 5.56 Å². The summed E-state index contributed by atoms with van der Waals surface area (Å²) in [7, 11) is 1.56. The highest BCUT2D eigenvalue weighted by molar-refractivity contribution is 9.08. The van der Waals surface area contributed by atoms with Crippen LogP contribution in [0.1, 0.15) is 11.1 Å². The number of nitrogens with zero attached hydrogens (tertiary/aromatic N) is 1. The summed E-state index contributed by atoms with van der Waals surface area (Å²) in [6.45, 7) is 0. The molecule has 0 aliphatic carbocycles. The van der Waals surface area contributed by atoms with Crippen molar-refractivity contribution >= 4 is 15.9 Å². The molecule has 0 aliphatic heterocycles. The van der Waals surface area contributed by atoms with Gasteiger partial charge in [0.15, 0.2) is 0 Å². The molecule has 0 amide bonds. The average Bonchev–Trinajstić information content (AvgIpc) is 2.47. The fraction of sp³-hybridized carbons (Fsp3) is 0.133. The van der Waals surface area contributed by atoms with E-state index in [0.29, 0.717) is 17.1 Å². The lowest BCUT2D eigenvalue weighted by atomic mass is 10.2. The topological polar surface area (TPSA) is 42.2 Å². The van der Waals surface area contributed by atoms with E-state index in [-0.39, 0.29) is 0 Å². The Kier molecular flexibility index (Phi) is 4.43. The van der Waals surface area contributed by atoms with Gasteiger partial charge < -0.3 is 9.47 Å². The normalized spacial score (nSPS) is 9.74. The smallest absolute Gasteiger partial charge is 0.132 e. The first-order chi connectivity index (χ1) is 9.25. The van der Waals surface area contributed by atoms with Crippen LogP contribution >= 0.6 is 15.9 Å². The minimum absolute atomic E-state index is 0.506. The lowest BCUT2D eigenvalue weighted by Crippen LogP contribution is -1.89. The van der Waals surface area contributed by atoms with Gasteiger partial charge in [0.05, 0.1) is 18.7 Å². The second-order valence-corrected chi connectivity index (χ2v) is 4.45. The molecule has 0 saturated carbocycles. The van der Waals surface area contributed by atoms with Crippen LogP contribution in [0.2, 0.25) is 0 Å². The number of hydrogen-bond acceptors (Lipinski definition) is 3. The Morgan fingerprint density at radius 1 is 1.05 bits per heavy atom. The zero-order valence-corrected chi connectivity index (χ0v) is 12.0. The van der Waals surface area contributed by atoms with Gasteiger partial charge in [-0.1, -0.05) is 28.1 Å². The van der Waals surface area contributed by atoms with Crippen molar-refractivity contribution in [1.29, 1.82) is 5.26 Å². The van der Waals surface area contributed by atoms with Crippen LogP contribution in [0.4, 0.5) is 0 Å². The molecule has 0 radical (unpaired) electrons. The van der Waals surface area contributed by atoms with Crippen LogP contribution in [0.25, 0.3) is 0 Å². The third-order valence-electron chi connectivity index (χ3n) is 2.56. The first kappa shape index (κ1) is 13.4. The van der Waals surface area contributed by atoms with Crippen molar-refractivity contribution in [1.82, 2.24) is 0 Å². The van der Waals surface area contributed by atoms with Gasteiger partial charge in [-0.2, -0.15) is 5.26 Å². The maximum Gasteiger partial charge on any atom is 0.132 e. The number of rotatable bonds is 4. The van der Waals surface area contributed by atoms with Gasteiger partial charge >= 0.3 is 0 Å². The largest absolute Gasteiger partial charge is 0.497 e. The van der Waals surface area contributed by atoms with E-state index >= 15 is 0 Å². The molecule has 3 nitrogen and oxygen atoms in total. The molecule has 0 N–H and O–H groups in total. The summed E-state index contributed by atoms with van der Waals surface area (Å²) in [5, 5.41) is 9.76. The van der Waals surface area contributed by atoms with Crippen molar-refractivity contribution in [2.75, 3.05) is 7.11 Å². The molecule has 0 aliphatic rings. The monoisotopic (exact) mass is 317 g/mol. The van der Waals surface area contributed by atoms with Crippen LogP contribution in [0.3, 0.4) is 0 Å². The Bertz CT molecular complexity index is 603. The standard InChI is InChI=1S/C15H12BrNO2/c1-18-14-6-12(10-17)7-15(8-14)19-13-4-2-11(9-16)3-5-13/h2-8H,9H2,1H3. The van der Waals surface area contributed by atoms with Gasteiger partial charge in [-0.25, -0.2) is 0 Å². The molecular formula is C15H12BrNO2. The SMILES string of the molecule is COc1cc(C#N)cc(Oc2ccc(CBr)cc2)c1. The van der Waals surface area contributed by atoms with Crippen LogP contribution in [0.5, 0.6) is 17.2 Å². The van der Waals surface area contributed by atoms with E-state index in [0.717, 1.165) is 11.1 Å². The molecule has 19 heavy (non-hydrogen) atoms. The van der Waals surface area contributed by atoms with Gasteiger partial charge in [-0.05, 0) is 29.8 Å². The third-order valence-corrected chi connectivity index (χ3v) is 3.21. The molecule has 2 aromatic rings. The van der Waals surface area contributed by atoms with Gasteiger partial charge in [0.1, 0.15) is 17.2 Å². The Balaban J connectivity index is 2.24. The summed E-state index contributed by atoms with van der Waals surface area (Å²) < 4.78 is 10.9. The van der Waals surface area contributed by atoms with Crippen LogP contribution in [0, 0.1) is 11.3 Å². The van der Waals surface area contributed by atoms with Gasteiger partial charge in [-0.15, -0.1) is 0 Å². The fourth-order valence-electron chi connectivity index (χ4n) is 1.60. The Morgan fingerprint density at radius 2 is 1.74 bits per heavy atom. The minimum Gasteiger partial charge on any atom is -0.497 e. The minimum atomic E-state index is 0.506. The highest BCUT2D eigenvalue weighted by Gasteiger charge is 2.03. The number of methoxy groups -OCH3 is 1. The quantitative estimate of drug-likeness (QED) is 0.791. The number of alkyl halides is 1. The molecule has 0 bridgehead atoms. The lowest BCUT2D eigenvalue weighted by Gasteiger charge is -2.08. The van der Waals surface area contributed by atoms with Crippen LogP contribution < -0.4 is 9.47 Å². The van der Waals surface area contributed by atoms with Crippen molar-refractivity contribution in [2.24, 2.45) is 0 Å². The summed E-state index contributed by atoms with van der Waals surface area (Å²) in [5.74, 6) is 1.91. The summed E-state index contributed by atoms with van der Waals surface area (Å²) >= 11 is 3.39. The molecule has 0 aromatic heterocycles. The first-order valence-electron chi connectivity index (χ1n) is 5.67. The first-order valence-corrected chi connectivity index (χ1v) is 6.79. The van der Waals surface area contributed by atoms with Gasteiger partial charge in [0.25, 0.3) is 0 Å². The number of ether oxygens (including phenoxy) is 2. The fourth-order valence-corrected chi connectivity index (χ4v) is 1.97. The highest BCUT2D eigenvalue weighted by atomic mass is 79.9. The molecule has 0 spiro atoms. The summed E-state index contributed by atoms with van der Waals surface area (Å²) in [6.07, 6.45) is 0. The number of benzene rings is 2. The molecule has 2 rings (SSSR count). The Hall–Kier alpha value is -1.99. The highest BCUT2D eigenvalue weighted by Crippen LogP contribution is 2.27. The summed E-state index contributed by atoms with van der Waals surface area (Å²) in [5.41, 5.74) is 1.68. The van der Waals surface area contributed by atoms with Crippen molar-refractivity contribution in [2.45, 2.75) is 5.33 Å². The predicted molar refractivity (Wildman–Crippen MR) is 76.9 cm³/mol. The number of halogens is 1. The van der Waals surface area contributed by atoms with Crippen LogP contribution in [-0.2, 0) is 5.33 Å². The Morgan fingerprint density at radius 3 is 2.32 bits per heavy atom. The van der Waals surface area contributed by atoms with E-state index in [4.69, 9.17) is 14.7 Å². The predicted octanol–water partition coefficient (Wildman–Crippen LogP) is 4.25. The van der Waals surface area contributed by atoms with E-state index < -0.39 is 0 Å². The third kappa shape index (κ3) is 3.49. The molecule has 0 saturated heterocycles. The van der Waals surface area contributed by atoms with Crippen LogP contribution in [0.15, 0.2) is 42.5 Å². The lowest BCUT2D eigenvalue weighted by molar-refractivity contribution is 0.409. The second kappa shape index (κ2) is 6.26. The molecule has 4 heteroatoms. The van der Waals surface area contributed by atoms with Crippen LogP contribution in [-0.4, -0.2) is 7.11 Å². The van der Waals surface area contributed by atoms with Crippen molar-refractivity contribution in [3.8, 4) is 23.3 Å². The Labute approximate surface area is 120 Å². The van der Waals surface area contributed by atoms with E-state index in [2.05, 4.69) is 22.0 Å². The van der Waals surface area contributed by atoms with Crippen molar-refractivity contribution < 1.29 is 9.47 Å². The molecule has 0 heterocycles. The average molecular weight is 318 g/mol.